The van der Waals surface area contributed by atoms with Gasteiger partial charge in [-0.3, -0.25) is 14.4 Å². The van der Waals surface area contributed by atoms with Crippen LogP contribution in [0.1, 0.15) is 246 Å². The summed E-state index contributed by atoms with van der Waals surface area (Å²) in [5.41, 5.74) is 0. The normalized spacial score (nSPS) is 11.9. The molecule has 0 amide bonds. The molecular formula is C45H86O6. The van der Waals surface area contributed by atoms with Gasteiger partial charge in [0.1, 0.15) is 13.2 Å². The van der Waals surface area contributed by atoms with Gasteiger partial charge in [-0.1, -0.05) is 207 Å². The van der Waals surface area contributed by atoms with Crippen LogP contribution in [0.25, 0.3) is 0 Å². The number of unbranched alkanes of at least 4 members (excludes halogenated alkanes) is 27. The number of hydrogen-bond acceptors (Lipinski definition) is 6. The first-order chi connectivity index (χ1) is 24.9. The molecular weight excluding hydrogens is 636 g/mol. The van der Waals surface area contributed by atoms with Crippen molar-refractivity contribution in [2.75, 3.05) is 13.2 Å². The maximum atomic E-state index is 12.7. The molecule has 0 rings (SSSR count). The highest BCUT2D eigenvalue weighted by atomic mass is 16.6. The minimum Gasteiger partial charge on any atom is -0.462 e. The number of esters is 3. The molecule has 0 saturated heterocycles. The molecule has 0 aromatic heterocycles. The predicted octanol–water partition coefficient (Wildman–Crippen LogP) is 13.9. The monoisotopic (exact) mass is 723 g/mol. The maximum absolute atomic E-state index is 12.7. The summed E-state index contributed by atoms with van der Waals surface area (Å²) in [6.45, 7) is 8.93. The number of carbonyl (C=O) groups is 3. The minimum atomic E-state index is -0.758. The van der Waals surface area contributed by atoms with Gasteiger partial charge in [0, 0.05) is 19.3 Å². The standard InChI is InChI=1S/C45H86O6/c1-5-7-9-11-13-15-17-18-19-21-25-30-34-38-45(48)51-42(39-49-43(46)36-32-28-24-20-16-14-12-10-8-6-2)40-50-44(47)37-33-29-26-22-23-27-31-35-41(3)4/h41-42H,5-40H2,1-4H3/t42-/m0/s1. The van der Waals surface area contributed by atoms with E-state index in [-0.39, 0.29) is 31.1 Å². The van der Waals surface area contributed by atoms with E-state index in [1.165, 1.54) is 141 Å². The number of ether oxygens (including phenoxy) is 3. The second kappa shape index (κ2) is 39.6. The van der Waals surface area contributed by atoms with Crippen LogP contribution in [-0.4, -0.2) is 37.2 Å². The summed E-state index contributed by atoms with van der Waals surface area (Å²) in [5.74, 6) is -0.0771. The van der Waals surface area contributed by atoms with Gasteiger partial charge in [-0.05, 0) is 25.2 Å². The van der Waals surface area contributed by atoms with E-state index in [2.05, 4.69) is 27.7 Å². The highest BCUT2D eigenvalue weighted by Crippen LogP contribution is 2.16. The molecule has 0 aliphatic rings. The van der Waals surface area contributed by atoms with Crippen molar-refractivity contribution in [2.45, 2.75) is 252 Å². The Morgan fingerprint density at radius 2 is 0.647 bits per heavy atom. The Kier molecular flexibility index (Phi) is 38.4. The second-order valence-electron chi connectivity index (χ2n) is 15.8. The van der Waals surface area contributed by atoms with Crippen molar-refractivity contribution in [3.8, 4) is 0 Å². The Morgan fingerprint density at radius 1 is 0.373 bits per heavy atom. The Morgan fingerprint density at radius 3 is 0.961 bits per heavy atom. The van der Waals surface area contributed by atoms with Gasteiger partial charge >= 0.3 is 17.9 Å². The molecule has 0 unspecified atom stereocenters. The topological polar surface area (TPSA) is 78.9 Å². The van der Waals surface area contributed by atoms with Crippen LogP contribution in [0.5, 0.6) is 0 Å². The van der Waals surface area contributed by atoms with E-state index in [9.17, 15) is 14.4 Å². The maximum Gasteiger partial charge on any atom is 0.306 e. The van der Waals surface area contributed by atoms with E-state index in [1.807, 2.05) is 0 Å². The number of carbonyl (C=O) groups excluding carboxylic acids is 3. The average Bonchev–Trinajstić information content (AvgIpc) is 3.11. The molecule has 0 aromatic carbocycles. The molecule has 51 heavy (non-hydrogen) atoms. The first-order valence-corrected chi connectivity index (χ1v) is 22.4. The molecule has 0 aliphatic heterocycles. The van der Waals surface area contributed by atoms with Crippen molar-refractivity contribution in [3.05, 3.63) is 0 Å². The molecule has 0 radical (unpaired) electrons. The Balaban J connectivity index is 4.33. The van der Waals surface area contributed by atoms with Gasteiger partial charge in [-0.25, -0.2) is 0 Å². The molecule has 6 heteroatoms. The van der Waals surface area contributed by atoms with Crippen LogP contribution in [0.2, 0.25) is 0 Å². The summed E-state index contributed by atoms with van der Waals surface area (Å²) in [6.07, 6.45) is 38.0. The van der Waals surface area contributed by atoms with Crippen LogP contribution in [-0.2, 0) is 28.6 Å². The molecule has 0 saturated carbocycles. The van der Waals surface area contributed by atoms with Crippen molar-refractivity contribution >= 4 is 17.9 Å². The third-order valence-electron chi connectivity index (χ3n) is 10.0. The summed E-state index contributed by atoms with van der Waals surface area (Å²) in [4.78, 5) is 37.6. The van der Waals surface area contributed by atoms with Gasteiger partial charge in [0.25, 0.3) is 0 Å². The summed E-state index contributed by atoms with van der Waals surface area (Å²) in [5, 5.41) is 0. The van der Waals surface area contributed by atoms with Crippen LogP contribution in [0.4, 0.5) is 0 Å². The molecule has 0 aromatic rings. The van der Waals surface area contributed by atoms with Crippen molar-refractivity contribution in [1.82, 2.24) is 0 Å². The minimum absolute atomic E-state index is 0.0645. The molecule has 0 bridgehead atoms. The lowest BCUT2D eigenvalue weighted by Gasteiger charge is -2.18. The molecule has 0 N–H and O–H groups in total. The van der Waals surface area contributed by atoms with E-state index < -0.39 is 6.10 Å². The number of hydrogen-bond donors (Lipinski definition) is 0. The van der Waals surface area contributed by atoms with E-state index >= 15 is 0 Å². The fraction of sp³-hybridized carbons (Fsp3) is 0.933. The zero-order valence-electron chi connectivity index (χ0n) is 34.6. The zero-order valence-corrected chi connectivity index (χ0v) is 34.6. The van der Waals surface area contributed by atoms with Crippen molar-refractivity contribution < 1.29 is 28.6 Å². The first kappa shape index (κ1) is 49.4. The summed E-state index contributed by atoms with van der Waals surface area (Å²) in [7, 11) is 0. The van der Waals surface area contributed by atoms with Crippen LogP contribution in [0.3, 0.4) is 0 Å². The van der Waals surface area contributed by atoms with E-state index in [4.69, 9.17) is 14.2 Å². The predicted molar refractivity (Wildman–Crippen MR) is 215 cm³/mol. The highest BCUT2D eigenvalue weighted by Gasteiger charge is 2.19. The summed E-state index contributed by atoms with van der Waals surface area (Å²) in [6, 6.07) is 0. The summed E-state index contributed by atoms with van der Waals surface area (Å²) < 4.78 is 16.7. The quantitative estimate of drug-likeness (QED) is 0.0356. The smallest absolute Gasteiger partial charge is 0.306 e. The lowest BCUT2D eigenvalue weighted by atomic mass is 10.0. The van der Waals surface area contributed by atoms with E-state index in [0.717, 1.165) is 63.7 Å². The lowest BCUT2D eigenvalue weighted by molar-refractivity contribution is -0.167. The van der Waals surface area contributed by atoms with Crippen LogP contribution in [0, 0.1) is 5.92 Å². The third-order valence-corrected chi connectivity index (χ3v) is 10.0. The molecule has 6 nitrogen and oxygen atoms in total. The van der Waals surface area contributed by atoms with Crippen LogP contribution in [0.15, 0.2) is 0 Å². The number of rotatable bonds is 40. The lowest BCUT2D eigenvalue weighted by Crippen LogP contribution is -2.30. The first-order valence-electron chi connectivity index (χ1n) is 22.4. The Labute approximate surface area is 317 Å². The van der Waals surface area contributed by atoms with E-state index in [1.54, 1.807) is 0 Å². The molecule has 0 spiro atoms. The Hall–Kier alpha value is -1.59. The Bertz CT molecular complexity index is 766. The summed E-state index contributed by atoms with van der Waals surface area (Å²) >= 11 is 0. The average molecular weight is 723 g/mol. The van der Waals surface area contributed by atoms with Gasteiger partial charge in [-0.15, -0.1) is 0 Å². The fourth-order valence-electron chi connectivity index (χ4n) is 6.63. The largest absolute Gasteiger partial charge is 0.462 e. The zero-order chi connectivity index (χ0) is 37.5. The van der Waals surface area contributed by atoms with Crippen LogP contribution >= 0.6 is 0 Å². The van der Waals surface area contributed by atoms with E-state index in [0.29, 0.717) is 19.3 Å². The third kappa shape index (κ3) is 39.5. The van der Waals surface area contributed by atoms with Gasteiger partial charge in [0.05, 0.1) is 0 Å². The SMILES string of the molecule is CCCCCCCCCCCCCCCC(=O)O[C@@H](COC(=O)CCCCCCCCCCCC)COC(=O)CCCCCCCCCC(C)C. The van der Waals surface area contributed by atoms with Crippen LogP contribution < -0.4 is 0 Å². The highest BCUT2D eigenvalue weighted by molar-refractivity contribution is 5.71. The molecule has 0 aliphatic carbocycles. The fourth-order valence-corrected chi connectivity index (χ4v) is 6.63. The van der Waals surface area contributed by atoms with Crippen molar-refractivity contribution in [2.24, 2.45) is 5.92 Å². The van der Waals surface area contributed by atoms with Gasteiger partial charge in [0.2, 0.25) is 0 Å². The van der Waals surface area contributed by atoms with Crippen molar-refractivity contribution in [3.63, 3.8) is 0 Å². The molecule has 302 valence electrons. The van der Waals surface area contributed by atoms with Gasteiger partial charge < -0.3 is 14.2 Å². The second-order valence-corrected chi connectivity index (χ2v) is 15.8. The van der Waals surface area contributed by atoms with Crippen molar-refractivity contribution in [1.29, 1.82) is 0 Å². The van der Waals surface area contributed by atoms with Gasteiger partial charge in [-0.2, -0.15) is 0 Å². The molecule has 0 heterocycles. The van der Waals surface area contributed by atoms with Gasteiger partial charge in [0.15, 0.2) is 6.10 Å². The molecule has 0 fully saturated rings. The molecule has 1 atom stereocenters.